The lowest BCUT2D eigenvalue weighted by atomic mass is 10.1. The number of hydrogen-bond donors (Lipinski definition) is 2. The average molecular weight is 456 g/mol. The molecule has 0 aliphatic carbocycles. The van der Waals surface area contributed by atoms with E-state index in [4.69, 9.17) is 4.52 Å². The van der Waals surface area contributed by atoms with E-state index >= 15 is 0 Å². The average Bonchev–Trinajstić information content (AvgIpc) is 3.12. The van der Waals surface area contributed by atoms with Crippen molar-refractivity contribution in [2.75, 3.05) is 25.0 Å². The first-order chi connectivity index (χ1) is 11.7. The Labute approximate surface area is 165 Å². The van der Waals surface area contributed by atoms with Crippen LogP contribution in [0.3, 0.4) is 0 Å². The zero-order chi connectivity index (χ0) is 16.8. The minimum atomic E-state index is 0. The Kier molecular flexibility index (Phi) is 7.48. The van der Waals surface area contributed by atoms with E-state index in [9.17, 15) is 0 Å². The minimum Gasteiger partial charge on any atom is -0.364 e. The third kappa shape index (κ3) is 5.58. The van der Waals surface area contributed by atoms with Crippen molar-refractivity contribution in [3.63, 3.8) is 0 Å². The van der Waals surface area contributed by atoms with Crippen LogP contribution in [0.2, 0.25) is 0 Å². The lowest BCUT2D eigenvalue weighted by molar-refractivity contribution is 0.410. The van der Waals surface area contributed by atoms with Crippen molar-refractivity contribution in [1.82, 2.24) is 20.8 Å². The number of aryl methyl sites for hydroxylation is 1. The maximum atomic E-state index is 4.83. The normalized spacial score (nSPS) is 15.6. The highest BCUT2D eigenvalue weighted by Crippen LogP contribution is 2.18. The molecule has 2 N–H and O–H groups in total. The van der Waals surface area contributed by atoms with Gasteiger partial charge in [0.25, 0.3) is 0 Å². The molecule has 0 bridgehead atoms. The molecule has 0 saturated carbocycles. The van der Waals surface area contributed by atoms with Gasteiger partial charge in [-0.2, -0.15) is 0 Å². The molecule has 0 aromatic carbocycles. The molecule has 0 amide bonds. The van der Waals surface area contributed by atoms with Crippen LogP contribution in [-0.4, -0.2) is 42.3 Å². The summed E-state index contributed by atoms with van der Waals surface area (Å²) in [6.07, 6.45) is 3.68. The van der Waals surface area contributed by atoms with Gasteiger partial charge in [-0.05, 0) is 31.9 Å². The van der Waals surface area contributed by atoms with E-state index in [1.54, 1.807) is 13.3 Å². The van der Waals surface area contributed by atoms with Crippen LogP contribution in [-0.2, 0) is 6.54 Å². The second-order valence-electron chi connectivity index (χ2n) is 5.96. The van der Waals surface area contributed by atoms with Crippen molar-refractivity contribution in [3.8, 4) is 0 Å². The number of nitrogens with zero attached hydrogens (tertiary/aromatic N) is 4. The first-order valence-corrected chi connectivity index (χ1v) is 8.29. The van der Waals surface area contributed by atoms with Gasteiger partial charge < -0.3 is 20.1 Å². The van der Waals surface area contributed by atoms with Crippen molar-refractivity contribution >= 4 is 35.8 Å². The van der Waals surface area contributed by atoms with Crippen LogP contribution in [0.4, 0.5) is 5.82 Å². The summed E-state index contributed by atoms with van der Waals surface area (Å²) in [4.78, 5) is 11.2. The summed E-state index contributed by atoms with van der Waals surface area (Å²) in [5.74, 6) is 1.87. The van der Waals surface area contributed by atoms with Crippen LogP contribution >= 0.6 is 24.0 Å². The van der Waals surface area contributed by atoms with E-state index in [2.05, 4.69) is 42.8 Å². The standard InChI is InChI=1S/C17H24N6O.HI/c1-13-4-3-5-16(20-13)23-9-6-14(7-10-23)21-17(18-2)19-12-15-8-11-24-22-15;/h3-5,8,11,14H,6-7,9-10,12H2,1-2H3,(H2,18,19,21);1H. The molecule has 1 aliphatic heterocycles. The van der Waals surface area contributed by atoms with Crippen molar-refractivity contribution < 1.29 is 4.52 Å². The highest BCUT2D eigenvalue weighted by atomic mass is 127. The molecule has 2 aromatic heterocycles. The van der Waals surface area contributed by atoms with Crippen LogP contribution in [0.25, 0.3) is 0 Å². The van der Waals surface area contributed by atoms with Crippen molar-refractivity contribution in [1.29, 1.82) is 0 Å². The van der Waals surface area contributed by atoms with Gasteiger partial charge in [0.15, 0.2) is 5.96 Å². The van der Waals surface area contributed by atoms with E-state index in [0.29, 0.717) is 12.6 Å². The number of anilines is 1. The second kappa shape index (κ2) is 9.59. The fraction of sp³-hybridized carbons (Fsp3) is 0.471. The highest BCUT2D eigenvalue weighted by molar-refractivity contribution is 14.0. The van der Waals surface area contributed by atoms with E-state index in [-0.39, 0.29) is 24.0 Å². The summed E-state index contributed by atoms with van der Waals surface area (Å²) in [7, 11) is 1.78. The molecule has 1 fully saturated rings. The Morgan fingerprint density at radius 1 is 1.32 bits per heavy atom. The highest BCUT2D eigenvalue weighted by Gasteiger charge is 2.20. The maximum Gasteiger partial charge on any atom is 0.191 e. The number of nitrogens with one attached hydrogen (secondary N) is 2. The van der Waals surface area contributed by atoms with Gasteiger partial charge in [-0.3, -0.25) is 4.99 Å². The van der Waals surface area contributed by atoms with Crippen LogP contribution < -0.4 is 15.5 Å². The SMILES string of the molecule is CN=C(NCc1ccon1)NC1CCN(c2cccc(C)n2)CC1.I. The Hall–Kier alpha value is -1.84. The first kappa shape index (κ1) is 19.5. The van der Waals surface area contributed by atoms with Crippen molar-refractivity contribution in [3.05, 3.63) is 41.9 Å². The molecule has 2 aromatic rings. The van der Waals surface area contributed by atoms with Gasteiger partial charge in [-0.15, -0.1) is 24.0 Å². The first-order valence-electron chi connectivity index (χ1n) is 8.29. The smallest absolute Gasteiger partial charge is 0.191 e. The molecule has 0 unspecified atom stereocenters. The molecule has 3 heterocycles. The molecular weight excluding hydrogens is 431 g/mol. The van der Waals surface area contributed by atoms with E-state index < -0.39 is 0 Å². The Morgan fingerprint density at radius 2 is 2.12 bits per heavy atom. The van der Waals surface area contributed by atoms with Gasteiger partial charge in [0.1, 0.15) is 17.8 Å². The molecule has 7 nitrogen and oxygen atoms in total. The van der Waals surface area contributed by atoms with Crippen LogP contribution in [0.15, 0.2) is 40.0 Å². The number of hydrogen-bond acceptors (Lipinski definition) is 5. The van der Waals surface area contributed by atoms with Crippen molar-refractivity contribution in [2.24, 2.45) is 4.99 Å². The fourth-order valence-electron chi connectivity index (χ4n) is 2.85. The summed E-state index contributed by atoms with van der Waals surface area (Å²) in [5, 5.41) is 10.6. The molecule has 1 aliphatic rings. The summed E-state index contributed by atoms with van der Waals surface area (Å²) >= 11 is 0. The number of aliphatic imine (C=N–C) groups is 1. The third-order valence-corrected chi connectivity index (χ3v) is 4.19. The predicted molar refractivity (Wildman–Crippen MR) is 109 cm³/mol. The molecule has 1 saturated heterocycles. The largest absolute Gasteiger partial charge is 0.364 e. The van der Waals surface area contributed by atoms with Crippen molar-refractivity contribution in [2.45, 2.75) is 32.4 Å². The molecule has 25 heavy (non-hydrogen) atoms. The lowest BCUT2D eigenvalue weighted by Gasteiger charge is -2.33. The predicted octanol–water partition coefficient (Wildman–Crippen LogP) is 2.33. The van der Waals surface area contributed by atoms with Gasteiger partial charge in [-0.1, -0.05) is 11.2 Å². The van der Waals surface area contributed by atoms with Crippen LogP contribution in [0, 0.1) is 6.92 Å². The zero-order valence-electron chi connectivity index (χ0n) is 14.6. The zero-order valence-corrected chi connectivity index (χ0v) is 16.9. The number of guanidine groups is 1. The molecule has 0 radical (unpaired) electrons. The summed E-state index contributed by atoms with van der Waals surface area (Å²) in [6, 6.07) is 8.43. The molecule has 0 spiro atoms. The number of piperidine rings is 1. The van der Waals surface area contributed by atoms with Gasteiger partial charge in [-0.25, -0.2) is 4.98 Å². The van der Waals surface area contributed by atoms with Gasteiger partial charge in [0.2, 0.25) is 0 Å². The molecular formula is C17H25IN6O. The summed E-state index contributed by atoms with van der Waals surface area (Å²) < 4.78 is 4.83. The Bertz CT molecular complexity index is 668. The molecule has 3 rings (SSSR count). The quantitative estimate of drug-likeness (QED) is 0.418. The summed E-state index contributed by atoms with van der Waals surface area (Å²) in [5.41, 5.74) is 1.92. The second-order valence-corrected chi connectivity index (χ2v) is 5.96. The van der Waals surface area contributed by atoms with Gasteiger partial charge in [0.05, 0.1) is 6.54 Å². The monoisotopic (exact) mass is 456 g/mol. The number of aromatic nitrogens is 2. The Balaban J connectivity index is 0.00000225. The van der Waals surface area contributed by atoms with E-state index in [1.807, 2.05) is 19.1 Å². The Morgan fingerprint density at radius 3 is 2.76 bits per heavy atom. The summed E-state index contributed by atoms with van der Waals surface area (Å²) in [6.45, 7) is 4.62. The lowest BCUT2D eigenvalue weighted by Crippen LogP contribution is -2.48. The third-order valence-electron chi connectivity index (χ3n) is 4.19. The van der Waals surface area contributed by atoms with Gasteiger partial charge in [0, 0.05) is 37.9 Å². The molecule has 136 valence electrons. The van der Waals surface area contributed by atoms with Crippen LogP contribution in [0.5, 0.6) is 0 Å². The number of halogens is 1. The van der Waals surface area contributed by atoms with Crippen LogP contribution in [0.1, 0.15) is 24.2 Å². The van der Waals surface area contributed by atoms with E-state index in [0.717, 1.165) is 49.1 Å². The minimum absolute atomic E-state index is 0. The fourth-order valence-corrected chi connectivity index (χ4v) is 2.85. The molecule has 0 atom stereocenters. The van der Waals surface area contributed by atoms with E-state index in [1.165, 1.54) is 0 Å². The number of rotatable bonds is 4. The maximum absolute atomic E-state index is 4.83. The van der Waals surface area contributed by atoms with Gasteiger partial charge >= 0.3 is 0 Å². The topological polar surface area (TPSA) is 78.6 Å². The number of pyridine rings is 1. The molecule has 8 heteroatoms.